The van der Waals surface area contributed by atoms with Gasteiger partial charge in [-0.3, -0.25) is 0 Å². The minimum Gasteiger partial charge on any atom is -0.411 e. The van der Waals surface area contributed by atoms with Crippen LogP contribution in [0.3, 0.4) is 0 Å². The molecule has 1 rings (SSSR count). The normalized spacial score (nSPS) is 28.0. The van der Waals surface area contributed by atoms with Crippen molar-refractivity contribution in [2.45, 2.75) is 77.8 Å². The predicted molar refractivity (Wildman–Crippen MR) is 94.1 cm³/mol. The molecule has 1 aliphatic rings. The van der Waals surface area contributed by atoms with Crippen molar-refractivity contribution >= 4 is 8.32 Å². The van der Waals surface area contributed by atoms with Crippen LogP contribution in [0.4, 0.5) is 0 Å². The fourth-order valence-electron chi connectivity index (χ4n) is 2.66. The standard InChI is InChI=1S/C18H33NO2Si/c1-14-13-20-17(16(14)9-8-12-19)11-10-15(2)21-22(6,7)18(3,4)5/h10-11,14-17H,8-9,13H2,1-7H3/b11-10+/t14-,15-,16-,17+/m0/s1. The zero-order valence-corrected chi connectivity index (χ0v) is 16.3. The zero-order chi connectivity index (χ0) is 17.0. The minimum atomic E-state index is -1.73. The van der Waals surface area contributed by atoms with Gasteiger partial charge in [0.15, 0.2) is 8.32 Å². The summed E-state index contributed by atoms with van der Waals surface area (Å²) in [6.07, 6.45) is 6.07. The molecule has 0 aliphatic carbocycles. The van der Waals surface area contributed by atoms with Gasteiger partial charge in [-0.15, -0.1) is 0 Å². The number of hydrogen-bond donors (Lipinski definition) is 0. The van der Waals surface area contributed by atoms with Crippen molar-refractivity contribution in [2.24, 2.45) is 11.8 Å². The van der Waals surface area contributed by atoms with Gasteiger partial charge in [0.1, 0.15) is 0 Å². The maximum Gasteiger partial charge on any atom is 0.192 e. The van der Waals surface area contributed by atoms with Crippen LogP contribution in [0.15, 0.2) is 12.2 Å². The molecular weight excluding hydrogens is 290 g/mol. The lowest BCUT2D eigenvalue weighted by Gasteiger charge is -2.37. The maximum absolute atomic E-state index is 8.80. The van der Waals surface area contributed by atoms with E-state index < -0.39 is 8.32 Å². The van der Waals surface area contributed by atoms with Gasteiger partial charge in [-0.2, -0.15) is 5.26 Å². The van der Waals surface area contributed by atoms with Crippen LogP contribution in [0, 0.1) is 23.2 Å². The maximum atomic E-state index is 8.80. The van der Waals surface area contributed by atoms with E-state index in [1.165, 1.54) is 0 Å². The third-order valence-corrected chi connectivity index (χ3v) is 9.73. The quantitative estimate of drug-likeness (QED) is 0.515. The molecule has 4 atom stereocenters. The fraction of sp³-hybridized carbons (Fsp3) is 0.833. The van der Waals surface area contributed by atoms with Crippen LogP contribution < -0.4 is 0 Å². The molecule has 0 unspecified atom stereocenters. The lowest BCUT2D eigenvalue weighted by molar-refractivity contribution is 0.124. The molecule has 1 fully saturated rings. The highest BCUT2D eigenvalue weighted by Gasteiger charge is 2.38. The molecule has 0 radical (unpaired) electrons. The minimum absolute atomic E-state index is 0.108. The summed E-state index contributed by atoms with van der Waals surface area (Å²) in [5.74, 6) is 0.982. The van der Waals surface area contributed by atoms with Crippen molar-refractivity contribution < 1.29 is 9.16 Å². The Labute approximate surface area is 137 Å². The number of nitrogens with zero attached hydrogens (tertiary/aromatic N) is 1. The van der Waals surface area contributed by atoms with Gasteiger partial charge in [0, 0.05) is 6.42 Å². The molecule has 0 amide bonds. The topological polar surface area (TPSA) is 42.2 Å². The van der Waals surface area contributed by atoms with Gasteiger partial charge in [-0.25, -0.2) is 0 Å². The second-order valence-electron chi connectivity index (χ2n) is 8.10. The van der Waals surface area contributed by atoms with Crippen molar-refractivity contribution in [1.29, 1.82) is 5.26 Å². The number of nitriles is 1. The Bertz CT molecular complexity index is 420. The van der Waals surface area contributed by atoms with Gasteiger partial charge in [-0.1, -0.05) is 39.8 Å². The third kappa shape index (κ3) is 5.22. The molecule has 0 aromatic rings. The van der Waals surface area contributed by atoms with Gasteiger partial charge in [0.2, 0.25) is 0 Å². The van der Waals surface area contributed by atoms with Crippen molar-refractivity contribution in [3.63, 3.8) is 0 Å². The Hall–Kier alpha value is -0.633. The van der Waals surface area contributed by atoms with Crippen LogP contribution >= 0.6 is 0 Å². The Morgan fingerprint density at radius 1 is 1.41 bits per heavy atom. The summed E-state index contributed by atoms with van der Waals surface area (Å²) in [4.78, 5) is 0. The average Bonchev–Trinajstić information content (AvgIpc) is 2.73. The first-order chi connectivity index (χ1) is 10.1. The van der Waals surface area contributed by atoms with Gasteiger partial charge < -0.3 is 9.16 Å². The van der Waals surface area contributed by atoms with Crippen molar-refractivity contribution in [3.05, 3.63) is 12.2 Å². The molecule has 0 bridgehead atoms. The second-order valence-corrected chi connectivity index (χ2v) is 12.9. The number of ether oxygens (including phenoxy) is 1. The summed E-state index contributed by atoms with van der Waals surface area (Å²) in [7, 11) is -1.73. The molecule has 0 spiro atoms. The molecule has 0 N–H and O–H groups in total. The van der Waals surface area contributed by atoms with E-state index in [0.717, 1.165) is 13.0 Å². The number of rotatable bonds is 6. The van der Waals surface area contributed by atoms with Gasteiger partial charge in [0.25, 0.3) is 0 Å². The van der Waals surface area contributed by atoms with E-state index in [4.69, 9.17) is 14.4 Å². The van der Waals surface area contributed by atoms with Gasteiger partial charge in [0.05, 0.1) is 24.9 Å². The number of hydrogen-bond acceptors (Lipinski definition) is 3. The van der Waals surface area contributed by atoms with E-state index in [2.05, 4.69) is 65.9 Å². The Kier molecular flexibility index (Phi) is 6.85. The van der Waals surface area contributed by atoms with Crippen LogP contribution in [0.2, 0.25) is 18.1 Å². The van der Waals surface area contributed by atoms with Crippen LogP contribution in [0.25, 0.3) is 0 Å². The monoisotopic (exact) mass is 323 g/mol. The van der Waals surface area contributed by atoms with E-state index in [1.807, 2.05) is 0 Å². The van der Waals surface area contributed by atoms with Gasteiger partial charge in [-0.05, 0) is 43.3 Å². The predicted octanol–water partition coefficient (Wildman–Crippen LogP) is 4.91. The molecule has 126 valence electrons. The summed E-state index contributed by atoms with van der Waals surface area (Å²) in [6, 6.07) is 2.25. The summed E-state index contributed by atoms with van der Waals surface area (Å²) in [6.45, 7) is 16.5. The highest BCUT2D eigenvalue weighted by atomic mass is 28.4. The zero-order valence-electron chi connectivity index (χ0n) is 15.3. The Morgan fingerprint density at radius 3 is 2.59 bits per heavy atom. The second kappa shape index (κ2) is 7.76. The van der Waals surface area contributed by atoms with Crippen LogP contribution in [-0.2, 0) is 9.16 Å². The Morgan fingerprint density at radius 2 is 2.05 bits per heavy atom. The molecule has 0 aromatic heterocycles. The van der Waals surface area contributed by atoms with Crippen LogP contribution in [0.5, 0.6) is 0 Å². The molecule has 1 aliphatic heterocycles. The van der Waals surface area contributed by atoms with E-state index in [-0.39, 0.29) is 17.2 Å². The smallest absolute Gasteiger partial charge is 0.192 e. The highest BCUT2D eigenvalue weighted by Crippen LogP contribution is 2.37. The summed E-state index contributed by atoms with van der Waals surface area (Å²) in [5, 5.41) is 9.02. The first-order valence-electron chi connectivity index (χ1n) is 8.43. The van der Waals surface area contributed by atoms with Gasteiger partial charge >= 0.3 is 0 Å². The SMILES string of the molecule is C[C@@H](/C=C/[C@H]1OC[C@H](C)[C@@H]1CCC#N)O[Si](C)(C)C(C)(C)C. The van der Waals surface area contributed by atoms with Crippen molar-refractivity contribution in [1.82, 2.24) is 0 Å². The molecule has 1 saturated heterocycles. The van der Waals surface area contributed by atoms with Crippen LogP contribution in [0.1, 0.15) is 47.5 Å². The first-order valence-corrected chi connectivity index (χ1v) is 11.3. The molecule has 0 saturated carbocycles. The molecule has 1 heterocycles. The third-order valence-electron chi connectivity index (χ3n) is 5.15. The lowest BCUT2D eigenvalue weighted by Crippen LogP contribution is -2.42. The van der Waals surface area contributed by atoms with E-state index >= 15 is 0 Å². The first kappa shape index (κ1) is 19.4. The highest BCUT2D eigenvalue weighted by molar-refractivity contribution is 6.74. The molecule has 0 aromatic carbocycles. The van der Waals surface area contributed by atoms with Crippen LogP contribution in [-0.4, -0.2) is 27.1 Å². The van der Waals surface area contributed by atoms with Crippen molar-refractivity contribution in [3.8, 4) is 6.07 Å². The molecule has 22 heavy (non-hydrogen) atoms. The summed E-state index contributed by atoms with van der Waals surface area (Å²) >= 11 is 0. The average molecular weight is 324 g/mol. The lowest BCUT2D eigenvalue weighted by atomic mass is 9.88. The fourth-order valence-corrected chi connectivity index (χ4v) is 4.02. The summed E-state index contributed by atoms with van der Waals surface area (Å²) in [5.41, 5.74) is 0. The molecule has 3 nitrogen and oxygen atoms in total. The van der Waals surface area contributed by atoms with Crippen molar-refractivity contribution in [2.75, 3.05) is 6.61 Å². The largest absolute Gasteiger partial charge is 0.411 e. The van der Waals surface area contributed by atoms with E-state index in [9.17, 15) is 0 Å². The molecule has 4 heteroatoms. The molecular formula is C18H33NO2Si. The van der Waals surface area contributed by atoms with E-state index in [1.54, 1.807) is 0 Å². The summed E-state index contributed by atoms with van der Waals surface area (Å²) < 4.78 is 12.2. The Balaban J connectivity index is 2.61. The van der Waals surface area contributed by atoms with E-state index in [0.29, 0.717) is 18.3 Å².